The van der Waals surface area contributed by atoms with E-state index in [1.54, 1.807) is 7.11 Å². The van der Waals surface area contributed by atoms with Gasteiger partial charge in [0.1, 0.15) is 0 Å². The summed E-state index contributed by atoms with van der Waals surface area (Å²) in [5.41, 5.74) is 0. The Bertz CT molecular complexity index is 178. The van der Waals surface area contributed by atoms with E-state index in [0.29, 0.717) is 0 Å². The lowest BCUT2D eigenvalue weighted by atomic mass is 10.2. The van der Waals surface area contributed by atoms with Gasteiger partial charge >= 0.3 is 0 Å². The normalized spacial score (nSPS) is 12.4. The molecular weight excluding hydrogens is 172 g/mol. The zero-order chi connectivity index (χ0) is 10.5. The summed E-state index contributed by atoms with van der Waals surface area (Å²) in [5.74, 6) is 0. The topological polar surface area (TPSA) is 9.23 Å². The van der Waals surface area contributed by atoms with Crippen LogP contribution in [0.5, 0.6) is 0 Å². The molecule has 1 heteroatoms. The highest BCUT2D eigenvalue weighted by Crippen LogP contribution is 1.97. The van der Waals surface area contributed by atoms with Crippen molar-refractivity contribution >= 4 is 0 Å². The molecule has 0 aromatic carbocycles. The van der Waals surface area contributed by atoms with Gasteiger partial charge in [-0.15, -0.1) is 0 Å². The molecule has 0 aliphatic heterocycles. The Balaban J connectivity index is 3.18. The molecule has 0 radical (unpaired) electrons. The molecule has 14 heavy (non-hydrogen) atoms. The number of methoxy groups -OCH3 is 1. The quantitative estimate of drug-likeness (QED) is 0.421. The summed E-state index contributed by atoms with van der Waals surface area (Å²) < 4.78 is 4.90. The highest BCUT2D eigenvalue weighted by Gasteiger charge is 1.78. The maximum Gasteiger partial charge on any atom is 0.0643 e. The first kappa shape index (κ1) is 13.2. The maximum atomic E-state index is 4.90. The molecule has 0 saturated heterocycles. The largest absolute Gasteiger partial charge is 0.381 e. The van der Waals surface area contributed by atoms with Crippen LogP contribution in [-0.2, 0) is 4.74 Å². The Kier molecular flexibility index (Phi) is 11.5. The van der Waals surface area contributed by atoms with Gasteiger partial charge in [0.25, 0.3) is 0 Å². The number of allylic oxidation sites excluding steroid dienone is 5. The third-order valence-electron chi connectivity index (χ3n) is 1.83. The zero-order valence-corrected chi connectivity index (χ0v) is 9.41. The van der Waals surface area contributed by atoms with Gasteiger partial charge in [0.2, 0.25) is 0 Å². The van der Waals surface area contributed by atoms with E-state index in [-0.39, 0.29) is 0 Å². The predicted octanol–water partition coefficient (Wildman–Crippen LogP) is 3.88. The van der Waals surface area contributed by atoms with Gasteiger partial charge in [-0.05, 0) is 32.6 Å². The lowest BCUT2D eigenvalue weighted by Gasteiger charge is -1.89. The highest BCUT2D eigenvalue weighted by molar-refractivity contribution is 4.89. The summed E-state index contributed by atoms with van der Waals surface area (Å²) in [6.07, 6.45) is 17.6. The van der Waals surface area contributed by atoms with E-state index >= 15 is 0 Å². The fourth-order valence-corrected chi connectivity index (χ4v) is 1.07. The predicted molar refractivity (Wildman–Crippen MR) is 63.4 cm³/mol. The molecule has 0 heterocycles. The number of hydrogen-bond donors (Lipinski definition) is 0. The molecule has 0 saturated carbocycles. The van der Waals surface area contributed by atoms with Crippen molar-refractivity contribution in [2.75, 3.05) is 13.7 Å². The molecule has 0 aliphatic rings. The molecular formula is C13H22O. The molecule has 0 bridgehead atoms. The number of hydrogen-bond acceptors (Lipinski definition) is 1. The van der Waals surface area contributed by atoms with Crippen LogP contribution in [0.2, 0.25) is 0 Å². The number of unbranched alkanes of at least 4 members (excludes halogenated alkanes) is 2. The Labute approximate surface area is 88.2 Å². The average molecular weight is 194 g/mol. The summed E-state index contributed by atoms with van der Waals surface area (Å²) in [7, 11) is 1.71. The molecule has 0 amide bonds. The van der Waals surface area contributed by atoms with Crippen LogP contribution in [0.1, 0.15) is 32.6 Å². The van der Waals surface area contributed by atoms with Crippen LogP contribution in [0.3, 0.4) is 0 Å². The van der Waals surface area contributed by atoms with Crippen LogP contribution >= 0.6 is 0 Å². The van der Waals surface area contributed by atoms with Crippen LogP contribution in [-0.4, -0.2) is 13.7 Å². The van der Waals surface area contributed by atoms with E-state index < -0.39 is 0 Å². The first-order valence-electron chi connectivity index (χ1n) is 5.32. The second-order valence-electron chi connectivity index (χ2n) is 3.12. The fraction of sp³-hybridized carbons (Fsp3) is 0.538. The first-order chi connectivity index (χ1) is 6.91. The molecule has 0 rings (SSSR count). The van der Waals surface area contributed by atoms with E-state index in [1.165, 1.54) is 0 Å². The summed E-state index contributed by atoms with van der Waals surface area (Å²) in [5, 5.41) is 0. The molecule has 1 nitrogen and oxygen atoms in total. The Hall–Kier alpha value is -0.820. The lowest BCUT2D eigenvalue weighted by molar-refractivity contribution is 0.233. The van der Waals surface area contributed by atoms with Gasteiger partial charge in [0.15, 0.2) is 0 Å². The first-order valence-corrected chi connectivity index (χ1v) is 5.32. The molecule has 0 fully saturated rings. The van der Waals surface area contributed by atoms with Gasteiger partial charge in [0, 0.05) is 7.11 Å². The second-order valence-corrected chi connectivity index (χ2v) is 3.12. The highest BCUT2D eigenvalue weighted by atomic mass is 16.5. The molecule has 0 N–H and O–H groups in total. The van der Waals surface area contributed by atoms with E-state index in [1.807, 2.05) is 0 Å². The van der Waals surface area contributed by atoms with Gasteiger partial charge in [0.05, 0.1) is 6.61 Å². The summed E-state index contributed by atoms with van der Waals surface area (Å²) in [6.45, 7) is 2.79. The van der Waals surface area contributed by atoms with Crippen molar-refractivity contribution < 1.29 is 4.74 Å². The van der Waals surface area contributed by atoms with Crippen LogP contribution in [0.15, 0.2) is 36.5 Å². The minimum Gasteiger partial charge on any atom is -0.381 e. The minimum absolute atomic E-state index is 0.727. The van der Waals surface area contributed by atoms with Crippen molar-refractivity contribution in [2.24, 2.45) is 0 Å². The van der Waals surface area contributed by atoms with Crippen LogP contribution in [0, 0.1) is 0 Å². The third kappa shape index (κ3) is 11.2. The van der Waals surface area contributed by atoms with Crippen molar-refractivity contribution in [3.8, 4) is 0 Å². The number of rotatable bonds is 8. The zero-order valence-electron chi connectivity index (χ0n) is 9.41. The Morgan fingerprint density at radius 2 is 1.29 bits per heavy atom. The van der Waals surface area contributed by atoms with Crippen LogP contribution in [0.4, 0.5) is 0 Å². The summed E-state index contributed by atoms with van der Waals surface area (Å²) >= 11 is 0. The molecule has 0 aliphatic carbocycles. The van der Waals surface area contributed by atoms with E-state index in [9.17, 15) is 0 Å². The molecule has 0 spiro atoms. The number of ether oxygens (including phenoxy) is 1. The smallest absolute Gasteiger partial charge is 0.0643 e. The maximum absolute atomic E-state index is 4.90. The van der Waals surface area contributed by atoms with Crippen molar-refractivity contribution in [3.05, 3.63) is 36.5 Å². The Morgan fingerprint density at radius 3 is 1.79 bits per heavy atom. The summed E-state index contributed by atoms with van der Waals surface area (Å²) in [6, 6.07) is 0. The van der Waals surface area contributed by atoms with Crippen LogP contribution < -0.4 is 0 Å². The van der Waals surface area contributed by atoms with Gasteiger partial charge < -0.3 is 4.74 Å². The van der Waals surface area contributed by atoms with Gasteiger partial charge in [-0.2, -0.15) is 0 Å². The Morgan fingerprint density at radius 1 is 0.786 bits per heavy atom. The molecule has 0 aromatic rings. The molecule has 0 atom stereocenters. The van der Waals surface area contributed by atoms with Crippen molar-refractivity contribution in [3.63, 3.8) is 0 Å². The van der Waals surface area contributed by atoms with E-state index in [4.69, 9.17) is 4.74 Å². The van der Waals surface area contributed by atoms with Crippen molar-refractivity contribution in [1.82, 2.24) is 0 Å². The molecule has 80 valence electrons. The van der Waals surface area contributed by atoms with E-state index in [2.05, 4.69) is 43.4 Å². The minimum atomic E-state index is 0.727. The second kappa shape index (κ2) is 12.2. The van der Waals surface area contributed by atoms with Crippen molar-refractivity contribution in [2.45, 2.75) is 32.6 Å². The third-order valence-corrected chi connectivity index (χ3v) is 1.83. The van der Waals surface area contributed by atoms with Crippen molar-refractivity contribution in [1.29, 1.82) is 0 Å². The molecule has 0 aromatic heterocycles. The van der Waals surface area contributed by atoms with Gasteiger partial charge in [-0.3, -0.25) is 0 Å². The summed E-state index contributed by atoms with van der Waals surface area (Å²) in [4.78, 5) is 0. The lowest BCUT2D eigenvalue weighted by Crippen LogP contribution is -1.79. The average Bonchev–Trinajstić information content (AvgIpc) is 2.21. The fourth-order valence-electron chi connectivity index (χ4n) is 1.07. The van der Waals surface area contributed by atoms with Gasteiger partial charge in [-0.1, -0.05) is 36.5 Å². The van der Waals surface area contributed by atoms with E-state index in [0.717, 1.165) is 32.3 Å². The SMILES string of the molecule is C/C=C/CC/C=C/CC/C=C/COC. The standard InChI is InChI=1S/C13H22O/c1-3-4-5-6-7-8-9-10-11-12-13-14-2/h3-4,7-8,11-12H,5-6,9-10,13H2,1-2H3/b4-3+,8-7+,12-11+. The van der Waals surface area contributed by atoms with Crippen LogP contribution in [0.25, 0.3) is 0 Å². The monoisotopic (exact) mass is 194 g/mol. The molecule has 0 unspecified atom stereocenters. The van der Waals surface area contributed by atoms with Gasteiger partial charge in [-0.25, -0.2) is 0 Å².